The molecule has 0 saturated heterocycles. The van der Waals surface area contributed by atoms with Gasteiger partial charge in [-0.1, -0.05) is 0 Å². The molecule has 2 aromatic heterocycles. The SMILES string of the molecule is Cc1nn(-c2ccc(Oc3ccc(NS(=O)(=O)c4ccc(OC(F)(F)F)cc4)cc3)nn2)c(C)c1C. The number of aryl methyl sites for hydroxylation is 1. The number of nitrogens with one attached hydrogen (secondary N) is 1. The van der Waals surface area contributed by atoms with Crippen molar-refractivity contribution in [2.24, 2.45) is 0 Å². The summed E-state index contributed by atoms with van der Waals surface area (Å²) in [6.45, 7) is 5.83. The molecular weight excluding hydrogens is 499 g/mol. The van der Waals surface area contributed by atoms with Crippen LogP contribution in [0.15, 0.2) is 65.6 Å². The first kappa shape index (κ1) is 25.0. The first-order chi connectivity index (χ1) is 16.9. The minimum atomic E-state index is -4.87. The van der Waals surface area contributed by atoms with Gasteiger partial charge in [-0.2, -0.15) is 5.10 Å². The van der Waals surface area contributed by atoms with Gasteiger partial charge >= 0.3 is 6.36 Å². The first-order valence-electron chi connectivity index (χ1n) is 10.4. The first-order valence-corrected chi connectivity index (χ1v) is 11.9. The summed E-state index contributed by atoms with van der Waals surface area (Å²) < 4.78 is 75.4. The molecule has 2 heterocycles. The average molecular weight is 520 g/mol. The van der Waals surface area contributed by atoms with Crippen LogP contribution in [-0.2, 0) is 10.0 Å². The van der Waals surface area contributed by atoms with E-state index in [0.717, 1.165) is 41.2 Å². The van der Waals surface area contributed by atoms with E-state index in [1.165, 1.54) is 24.3 Å². The van der Waals surface area contributed by atoms with Gasteiger partial charge < -0.3 is 9.47 Å². The summed E-state index contributed by atoms with van der Waals surface area (Å²) in [6, 6.07) is 13.2. The molecule has 2 aromatic carbocycles. The Morgan fingerprint density at radius 1 is 0.861 bits per heavy atom. The van der Waals surface area contributed by atoms with Crippen LogP contribution >= 0.6 is 0 Å². The topological polar surface area (TPSA) is 108 Å². The number of nitrogens with zero attached hydrogens (tertiary/aromatic N) is 4. The van der Waals surface area contributed by atoms with E-state index >= 15 is 0 Å². The molecule has 0 aliphatic heterocycles. The number of aromatic nitrogens is 4. The van der Waals surface area contributed by atoms with Gasteiger partial charge in [-0.05, 0) is 80.9 Å². The minimum absolute atomic E-state index is 0.222. The molecule has 0 aliphatic carbocycles. The molecule has 0 amide bonds. The molecule has 0 fully saturated rings. The Labute approximate surface area is 204 Å². The molecule has 4 aromatic rings. The number of rotatable bonds is 7. The standard InChI is InChI=1S/C23H20F3N5O4S/c1-14-15(2)29-31(16(14)3)21-12-13-22(28-27-21)34-18-6-4-17(5-7-18)30-36(32,33)20-10-8-19(9-11-20)35-23(24,25)26/h4-13,30H,1-3H3. The Hall–Kier alpha value is -4.13. The third kappa shape index (κ3) is 5.74. The zero-order valence-electron chi connectivity index (χ0n) is 19.2. The number of ether oxygens (including phenoxy) is 2. The fourth-order valence-electron chi connectivity index (χ4n) is 3.17. The Balaban J connectivity index is 1.41. The summed E-state index contributed by atoms with van der Waals surface area (Å²) in [5.41, 5.74) is 3.15. The van der Waals surface area contributed by atoms with Gasteiger partial charge in [-0.3, -0.25) is 4.72 Å². The zero-order valence-corrected chi connectivity index (χ0v) is 20.1. The molecule has 0 atom stereocenters. The Bertz CT molecular complexity index is 1470. The van der Waals surface area contributed by atoms with E-state index in [9.17, 15) is 21.6 Å². The van der Waals surface area contributed by atoms with Crippen molar-refractivity contribution in [1.29, 1.82) is 0 Å². The molecule has 13 heteroatoms. The van der Waals surface area contributed by atoms with E-state index < -0.39 is 22.1 Å². The van der Waals surface area contributed by atoms with Gasteiger partial charge in [0.1, 0.15) is 11.5 Å². The number of halogens is 3. The van der Waals surface area contributed by atoms with E-state index in [4.69, 9.17) is 4.74 Å². The number of hydrogen-bond acceptors (Lipinski definition) is 7. The molecule has 188 valence electrons. The van der Waals surface area contributed by atoms with Crippen LogP contribution in [-0.4, -0.2) is 34.8 Å². The lowest BCUT2D eigenvalue weighted by atomic mass is 10.2. The van der Waals surface area contributed by atoms with E-state index in [2.05, 4.69) is 24.8 Å². The summed E-state index contributed by atoms with van der Waals surface area (Å²) in [4.78, 5) is -0.231. The molecule has 0 aliphatic rings. The van der Waals surface area contributed by atoms with Crippen molar-refractivity contribution in [3.8, 4) is 23.2 Å². The van der Waals surface area contributed by atoms with Gasteiger partial charge in [0.2, 0.25) is 5.88 Å². The van der Waals surface area contributed by atoms with Crippen LogP contribution in [0.1, 0.15) is 17.0 Å². The average Bonchev–Trinajstić information content (AvgIpc) is 3.07. The van der Waals surface area contributed by atoms with Gasteiger partial charge in [0.05, 0.1) is 10.6 Å². The number of alkyl halides is 3. The second kappa shape index (κ2) is 9.49. The Morgan fingerprint density at radius 3 is 2.03 bits per heavy atom. The fourth-order valence-corrected chi connectivity index (χ4v) is 4.23. The second-order valence-corrected chi connectivity index (χ2v) is 9.37. The van der Waals surface area contributed by atoms with E-state index in [1.54, 1.807) is 16.8 Å². The fraction of sp³-hybridized carbons (Fsp3) is 0.174. The molecule has 0 radical (unpaired) electrons. The van der Waals surface area contributed by atoms with Crippen molar-refractivity contribution in [3.63, 3.8) is 0 Å². The smallest absolute Gasteiger partial charge is 0.438 e. The molecule has 4 rings (SSSR count). The van der Waals surface area contributed by atoms with E-state index in [-0.39, 0.29) is 16.5 Å². The van der Waals surface area contributed by atoms with Gasteiger partial charge in [-0.25, -0.2) is 13.1 Å². The third-order valence-corrected chi connectivity index (χ3v) is 6.59. The van der Waals surface area contributed by atoms with Gasteiger partial charge in [0.25, 0.3) is 10.0 Å². The molecule has 0 bridgehead atoms. The van der Waals surface area contributed by atoms with Crippen molar-refractivity contribution in [3.05, 3.63) is 77.6 Å². The predicted molar refractivity (Wildman–Crippen MR) is 124 cm³/mol. The lowest BCUT2D eigenvalue weighted by Crippen LogP contribution is -2.17. The van der Waals surface area contributed by atoms with Crippen LogP contribution in [0.3, 0.4) is 0 Å². The van der Waals surface area contributed by atoms with Crippen LogP contribution in [0.4, 0.5) is 18.9 Å². The van der Waals surface area contributed by atoms with Crippen molar-refractivity contribution < 1.29 is 31.1 Å². The van der Waals surface area contributed by atoms with E-state index in [1.807, 2.05) is 20.8 Å². The van der Waals surface area contributed by atoms with Gasteiger partial charge in [0.15, 0.2) is 5.82 Å². The summed E-state index contributed by atoms with van der Waals surface area (Å²) in [5, 5.41) is 12.6. The van der Waals surface area contributed by atoms with Crippen LogP contribution in [0.5, 0.6) is 17.4 Å². The maximum atomic E-state index is 12.5. The zero-order chi connectivity index (χ0) is 26.1. The highest BCUT2D eigenvalue weighted by Crippen LogP contribution is 2.26. The number of benzene rings is 2. The summed E-state index contributed by atoms with van der Waals surface area (Å²) in [5.74, 6) is 0.630. The molecule has 0 spiro atoms. The highest BCUT2D eigenvalue weighted by molar-refractivity contribution is 7.92. The van der Waals surface area contributed by atoms with Crippen LogP contribution in [0.25, 0.3) is 5.82 Å². The maximum Gasteiger partial charge on any atom is 0.573 e. The van der Waals surface area contributed by atoms with Crippen LogP contribution in [0, 0.1) is 20.8 Å². The van der Waals surface area contributed by atoms with Crippen molar-refractivity contribution in [2.75, 3.05) is 4.72 Å². The van der Waals surface area contributed by atoms with Crippen molar-refractivity contribution in [1.82, 2.24) is 20.0 Å². The quantitative estimate of drug-likeness (QED) is 0.363. The largest absolute Gasteiger partial charge is 0.573 e. The Morgan fingerprint density at radius 2 is 1.50 bits per heavy atom. The lowest BCUT2D eigenvalue weighted by molar-refractivity contribution is -0.274. The summed E-state index contributed by atoms with van der Waals surface area (Å²) >= 11 is 0. The number of hydrogen-bond donors (Lipinski definition) is 1. The van der Waals surface area contributed by atoms with Gasteiger partial charge in [-0.15, -0.1) is 23.4 Å². The number of anilines is 1. The molecule has 9 nitrogen and oxygen atoms in total. The maximum absolute atomic E-state index is 12.5. The molecule has 36 heavy (non-hydrogen) atoms. The second-order valence-electron chi connectivity index (χ2n) is 7.69. The lowest BCUT2D eigenvalue weighted by Gasteiger charge is -2.11. The summed E-state index contributed by atoms with van der Waals surface area (Å²) in [6.07, 6.45) is -4.87. The highest BCUT2D eigenvalue weighted by atomic mass is 32.2. The van der Waals surface area contributed by atoms with E-state index in [0.29, 0.717) is 11.6 Å². The monoisotopic (exact) mass is 519 g/mol. The minimum Gasteiger partial charge on any atom is -0.438 e. The van der Waals surface area contributed by atoms with Crippen LogP contribution < -0.4 is 14.2 Å². The summed E-state index contributed by atoms with van der Waals surface area (Å²) in [7, 11) is -4.04. The van der Waals surface area contributed by atoms with Gasteiger partial charge in [0, 0.05) is 17.4 Å². The molecule has 0 unspecified atom stereocenters. The Kier molecular flexibility index (Phi) is 6.59. The number of sulfonamides is 1. The molecule has 1 N–H and O–H groups in total. The third-order valence-electron chi connectivity index (χ3n) is 5.19. The highest BCUT2D eigenvalue weighted by Gasteiger charge is 2.31. The van der Waals surface area contributed by atoms with Crippen molar-refractivity contribution in [2.45, 2.75) is 32.0 Å². The van der Waals surface area contributed by atoms with Crippen molar-refractivity contribution >= 4 is 15.7 Å². The normalized spacial score (nSPS) is 11.8. The predicted octanol–water partition coefficient (Wildman–Crippen LogP) is 5.08. The molecule has 0 saturated carbocycles. The molecular formula is C23H20F3N5O4S. The van der Waals surface area contributed by atoms with Crippen LogP contribution in [0.2, 0.25) is 0 Å².